The number of rotatable bonds is 9. The SMILES string of the molecule is Cn1c(SCC(=O)NCCSCc2ccccc2)nnc1-c1ccco1. The molecule has 1 aromatic carbocycles. The van der Waals surface area contributed by atoms with E-state index in [4.69, 9.17) is 4.42 Å². The number of hydrogen-bond acceptors (Lipinski definition) is 6. The molecular formula is C18H20N4O2S2. The second-order valence-electron chi connectivity index (χ2n) is 5.52. The van der Waals surface area contributed by atoms with Gasteiger partial charge in [0.25, 0.3) is 0 Å². The number of nitrogens with one attached hydrogen (secondary N) is 1. The summed E-state index contributed by atoms with van der Waals surface area (Å²) < 4.78 is 7.16. The van der Waals surface area contributed by atoms with E-state index in [0.29, 0.717) is 29.0 Å². The summed E-state index contributed by atoms with van der Waals surface area (Å²) >= 11 is 3.17. The summed E-state index contributed by atoms with van der Waals surface area (Å²) in [6, 6.07) is 14.0. The van der Waals surface area contributed by atoms with Gasteiger partial charge >= 0.3 is 0 Å². The molecule has 0 bridgehead atoms. The van der Waals surface area contributed by atoms with E-state index >= 15 is 0 Å². The Labute approximate surface area is 160 Å². The van der Waals surface area contributed by atoms with Crippen LogP contribution in [0.25, 0.3) is 11.6 Å². The summed E-state index contributed by atoms with van der Waals surface area (Å²) in [5.41, 5.74) is 1.30. The Bertz CT molecular complexity index is 819. The molecule has 1 amide bonds. The maximum absolute atomic E-state index is 12.0. The van der Waals surface area contributed by atoms with Crippen LogP contribution in [-0.4, -0.2) is 38.7 Å². The Morgan fingerprint density at radius 1 is 1.19 bits per heavy atom. The molecule has 6 nitrogen and oxygen atoms in total. The van der Waals surface area contributed by atoms with Crippen LogP contribution < -0.4 is 5.32 Å². The van der Waals surface area contributed by atoms with E-state index in [1.807, 2.05) is 47.6 Å². The molecule has 136 valence electrons. The molecular weight excluding hydrogens is 368 g/mol. The van der Waals surface area contributed by atoms with Gasteiger partial charge in [0.1, 0.15) is 0 Å². The quantitative estimate of drug-likeness (QED) is 0.448. The first-order valence-electron chi connectivity index (χ1n) is 8.18. The number of nitrogens with zero attached hydrogens (tertiary/aromatic N) is 3. The van der Waals surface area contributed by atoms with Gasteiger partial charge in [-0.2, -0.15) is 11.8 Å². The zero-order valence-electron chi connectivity index (χ0n) is 14.4. The highest BCUT2D eigenvalue weighted by molar-refractivity contribution is 7.99. The van der Waals surface area contributed by atoms with Crippen LogP contribution >= 0.6 is 23.5 Å². The van der Waals surface area contributed by atoms with E-state index in [2.05, 4.69) is 27.6 Å². The second-order valence-corrected chi connectivity index (χ2v) is 7.57. The van der Waals surface area contributed by atoms with Gasteiger partial charge in [0.05, 0.1) is 12.0 Å². The van der Waals surface area contributed by atoms with Crippen LogP contribution in [0.3, 0.4) is 0 Å². The number of carbonyl (C=O) groups is 1. The topological polar surface area (TPSA) is 73.0 Å². The Morgan fingerprint density at radius 2 is 2.04 bits per heavy atom. The van der Waals surface area contributed by atoms with E-state index in [-0.39, 0.29) is 5.91 Å². The molecule has 2 heterocycles. The molecule has 0 aliphatic carbocycles. The van der Waals surface area contributed by atoms with Gasteiger partial charge in [-0.1, -0.05) is 42.1 Å². The molecule has 0 aliphatic heterocycles. The summed E-state index contributed by atoms with van der Waals surface area (Å²) in [7, 11) is 1.86. The third-order valence-corrected chi connectivity index (χ3v) is 5.64. The maximum atomic E-state index is 12.0. The van der Waals surface area contributed by atoms with Crippen molar-refractivity contribution in [3.8, 4) is 11.6 Å². The molecule has 3 rings (SSSR count). The standard InChI is InChI=1S/C18H20N4O2S2/c1-22-17(15-8-5-10-24-15)20-21-18(22)26-13-16(23)19-9-11-25-12-14-6-3-2-4-7-14/h2-8,10H,9,11-13H2,1H3,(H,19,23). The molecule has 0 aliphatic rings. The fourth-order valence-corrected chi connectivity index (χ4v) is 3.83. The number of hydrogen-bond donors (Lipinski definition) is 1. The lowest BCUT2D eigenvalue weighted by Gasteiger charge is -2.05. The molecule has 0 radical (unpaired) electrons. The van der Waals surface area contributed by atoms with Crippen molar-refractivity contribution in [2.24, 2.45) is 7.05 Å². The summed E-state index contributed by atoms with van der Waals surface area (Å²) in [6.07, 6.45) is 1.60. The Balaban J connectivity index is 1.35. The molecule has 0 fully saturated rings. The average molecular weight is 389 g/mol. The average Bonchev–Trinajstić information content (AvgIpc) is 3.30. The molecule has 0 saturated carbocycles. The molecule has 26 heavy (non-hydrogen) atoms. The Hall–Kier alpha value is -2.19. The van der Waals surface area contributed by atoms with Gasteiger partial charge in [0.2, 0.25) is 5.91 Å². The fraction of sp³-hybridized carbons (Fsp3) is 0.278. The molecule has 0 unspecified atom stereocenters. The van der Waals surface area contributed by atoms with Gasteiger partial charge in [0.15, 0.2) is 16.7 Å². The number of aromatic nitrogens is 3. The summed E-state index contributed by atoms with van der Waals surface area (Å²) in [6.45, 7) is 0.660. The molecule has 8 heteroatoms. The molecule has 2 aromatic heterocycles. The van der Waals surface area contributed by atoms with E-state index < -0.39 is 0 Å². The molecule has 1 N–H and O–H groups in total. The second kappa shape index (κ2) is 9.49. The Kier molecular flexibility index (Phi) is 6.79. The lowest BCUT2D eigenvalue weighted by atomic mass is 10.2. The zero-order valence-corrected chi connectivity index (χ0v) is 16.1. The van der Waals surface area contributed by atoms with Crippen LogP contribution in [0.15, 0.2) is 58.3 Å². The van der Waals surface area contributed by atoms with Gasteiger partial charge in [-0.05, 0) is 17.7 Å². The van der Waals surface area contributed by atoms with Crippen molar-refractivity contribution in [3.63, 3.8) is 0 Å². The van der Waals surface area contributed by atoms with Crippen molar-refractivity contribution in [2.75, 3.05) is 18.1 Å². The number of furan rings is 1. The molecule has 3 aromatic rings. The fourth-order valence-electron chi connectivity index (χ4n) is 2.27. The third-order valence-electron chi connectivity index (χ3n) is 3.59. The lowest BCUT2D eigenvalue weighted by Crippen LogP contribution is -2.27. The first kappa shape index (κ1) is 18.6. The normalized spacial score (nSPS) is 10.8. The van der Waals surface area contributed by atoms with Crippen molar-refractivity contribution >= 4 is 29.4 Å². The van der Waals surface area contributed by atoms with Crippen LogP contribution in [0.5, 0.6) is 0 Å². The maximum Gasteiger partial charge on any atom is 0.230 e. The van der Waals surface area contributed by atoms with Gasteiger partial charge in [-0.15, -0.1) is 10.2 Å². The van der Waals surface area contributed by atoms with Crippen molar-refractivity contribution < 1.29 is 9.21 Å². The number of benzene rings is 1. The molecule has 0 spiro atoms. The molecule has 0 saturated heterocycles. The van der Waals surface area contributed by atoms with Crippen molar-refractivity contribution in [1.29, 1.82) is 0 Å². The largest absolute Gasteiger partial charge is 0.461 e. The summed E-state index contributed by atoms with van der Waals surface area (Å²) in [5, 5.41) is 11.9. The highest BCUT2D eigenvalue weighted by Gasteiger charge is 2.14. The summed E-state index contributed by atoms with van der Waals surface area (Å²) in [4.78, 5) is 12.0. The van der Waals surface area contributed by atoms with Crippen LogP contribution in [-0.2, 0) is 17.6 Å². The van der Waals surface area contributed by atoms with Gasteiger partial charge < -0.3 is 14.3 Å². The Morgan fingerprint density at radius 3 is 2.81 bits per heavy atom. The number of carbonyl (C=O) groups excluding carboxylic acids is 1. The van der Waals surface area contributed by atoms with Crippen molar-refractivity contribution in [1.82, 2.24) is 20.1 Å². The highest BCUT2D eigenvalue weighted by Crippen LogP contribution is 2.22. The van der Waals surface area contributed by atoms with Crippen LogP contribution in [0.1, 0.15) is 5.56 Å². The minimum atomic E-state index is -0.00198. The zero-order chi connectivity index (χ0) is 18.2. The van der Waals surface area contributed by atoms with E-state index in [1.54, 1.807) is 12.3 Å². The third kappa shape index (κ3) is 5.15. The number of thioether (sulfide) groups is 2. The first-order valence-corrected chi connectivity index (χ1v) is 10.3. The van der Waals surface area contributed by atoms with Gasteiger partial charge in [0, 0.05) is 25.1 Å². The number of amides is 1. The van der Waals surface area contributed by atoms with E-state index in [1.165, 1.54) is 17.3 Å². The van der Waals surface area contributed by atoms with E-state index in [0.717, 1.165) is 11.5 Å². The highest BCUT2D eigenvalue weighted by atomic mass is 32.2. The minimum Gasteiger partial charge on any atom is -0.461 e. The van der Waals surface area contributed by atoms with E-state index in [9.17, 15) is 4.79 Å². The van der Waals surface area contributed by atoms with Crippen molar-refractivity contribution in [3.05, 3.63) is 54.3 Å². The lowest BCUT2D eigenvalue weighted by molar-refractivity contribution is -0.118. The minimum absolute atomic E-state index is 0.00198. The smallest absolute Gasteiger partial charge is 0.230 e. The predicted molar refractivity (Wildman–Crippen MR) is 105 cm³/mol. The summed E-state index contributed by atoms with van der Waals surface area (Å²) in [5.74, 6) is 3.46. The van der Waals surface area contributed by atoms with Gasteiger partial charge in [-0.3, -0.25) is 4.79 Å². The molecule has 0 atom stereocenters. The predicted octanol–water partition coefficient (Wildman–Crippen LogP) is 3.22. The monoisotopic (exact) mass is 388 g/mol. The van der Waals surface area contributed by atoms with Crippen LogP contribution in [0.2, 0.25) is 0 Å². The van der Waals surface area contributed by atoms with Crippen LogP contribution in [0, 0.1) is 0 Å². The van der Waals surface area contributed by atoms with Crippen molar-refractivity contribution in [2.45, 2.75) is 10.9 Å². The van der Waals surface area contributed by atoms with Gasteiger partial charge in [-0.25, -0.2) is 0 Å². The van der Waals surface area contributed by atoms with Crippen LogP contribution in [0.4, 0.5) is 0 Å². The first-order chi connectivity index (χ1) is 12.7.